The first-order valence-corrected chi connectivity index (χ1v) is 7.40. The first-order valence-electron chi connectivity index (χ1n) is 6.60. The Morgan fingerprint density at radius 2 is 1.95 bits per heavy atom. The molecular weight excluding hydrogens is 322 g/mol. The summed E-state index contributed by atoms with van der Waals surface area (Å²) in [5.74, 6) is 0.0936. The van der Waals surface area contributed by atoms with E-state index in [2.05, 4.69) is 26.6 Å². The number of hydrogen-bond donors (Lipinski definition) is 3. The standard InChI is InChI=1S/C14H18BrN3O2/c1-8-11(6-10(15)7-12(8)16)14(20)18-5-4-17-13(19)9-2-3-9/h6-7,9H,2-5,16H2,1H3,(H,17,19)(H,18,20). The van der Waals surface area contributed by atoms with E-state index in [4.69, 9.17) is 5.73 Å². The van der Waals surface area contributed by atoms with E-state index < -0.39 is 0 Å². The Morgan fingerprint density at radius 1 is 1.30 bits per heavy atom. The molecule has 2 amide bonds. The van der Waals surface area contributed by atoms with E-state index in [0.717, 1.165) is 22.9 Å². The minimum Gasteiger partial charge on any atom is -0.398 e. The second-order valence-electron chi connectivity index (χ2n) is 4.99. The van der Waals surface area contributed by atoms with Gasteiger partial charge in [-0.25, -0.2) is 0 Å². The molecule has 0 saturated heterocycles. The Balaban J connectivity index is 1.83. The summed E-state index contributed by atoms with van der Waals surface area (Å²) in [6, 6.07) is 3.51. The number of amides is 2. The number of halogens is 1. The Morgan fingerprint density at radius 3 is 2.60 bits per heavy atom. The van der Waals surface area contributed by atoms with Gasteiger partial charge in [-0.15, -0.1) is 0 Å². The minimum atomic E-state index is -0.184. The van der Waals surface area contributed by atoms with Crippen LogP contribution in [0.4, 0.5) is 5.69 Å². The molecule has 1 aliphatic rings. The van der Waals surface area contributed by atoms with E-state index in [0.29, 0.717) is 24.3 Å². The van der Waals surface area contributed by atoms with Crippen LogP contribution in [0, 0.1) is 12.8 Å². The van der Waals surface area contributed by atoms with Gasteiger partial charge in [-0.1, -0.05) is 15.9 Å². The third kappa shape index (κ3) is 3.72. The molecule has 6 heteroatoms. The van der Waals surface area contributed by atoms with Crippen LogP contribution in [0.15, 0.2) is 16.6 Å². The van der Waals surface area contributed by atoms with Crippen LogP contribution in [-0.2, 0) is 4.79 Å². The van der Waals surface area contributed by atoms with Crippen molar-refractivity contribution in [3.63, 3.8) is 0 Å². The fourth-order valence-electron chi connectivity index (χ4n) is 1.88. The van der Waals surface area contributed by atoms with E-state index in [1.54, 1.807) is 12.1 Å². The molecule has 0 heterocycles. The average molecular weight is 340 g/mol. The van der Waals surface area contributed by atoms with Gasteiger partial charge in [-0.3, -0.25) is 9.59 Å². The molecule has 1 aliphatic carbocycles. The van der Waals surface area contributed by atoms with Crippen molar-refractivity contribution in [3.8, 4) is 0 Å². The summed E-state index contributed by atoms with van der Waals surface area (Å²) >= 11 is 3.32. The zero-order chi connectivity index (χ0) is 14.7. The largest absolute Gasteiger partial charge is 0.398 e. The number of anilines is 1. The van der Waals surface area contributed by atoms with Gasteiger partial charge in [0.25, 0.3) is 5.91 Å². The molecule has 0 unspecified atom stereocenters. The van der Waals surface area contributed by atoms with Crippen molar-refractivity contribution < 1.29 is 9.59 Å². The van der Waals surface area contributed by atoms with Crippen LogP contribution in [0.3, 0.4) is 0 Å². The van der Waals surface area contributed by atoms with Crippen molar-refractivity contribution in [2.24, 2.45) is 5.92 Å². The number of nitrogens with two attached hydrogens (primary N) is 1. The normalized spacial score (nSPS) is 13.9. The predicted octanol–water partition coefficient (Wildman–Crippen LogP) is 1.60. The van der Waals surface area contributed by atoms with E-state index >= 15 is 0 Å². The molecular formula is C14H18BrN3O2. The average Bonchev–Trinajstić information content (AvgIpc) is 3.22. The minimum absolute atomic E-state index is 0.0853. The van der Waals surface area contributed by atoms with Gasteiger partial charge in [0.15, 0.2) is 0 Å². The second kappa shape index (κ2) is 6.26. The maximum absolute atomic E-state index is 12.1. The highest BCUT2D eigenvalue weighted by atomic mass is 79.9. The quantitative estimate of drug-likeness (QED) is 0.562. The number of carbonyl (C=O) groups excluding carboxylic acids is 2. The molecule has 1 aromatic rings. The van der Waals surface area contributed by atoms with Gasteiger partial charge in [0.1, 0.15) is 0 Å². The van der Waals surface area contributed by atoms with Gasteiger partial charge in [-0.2, -0.15) is 0 Å². The Hall–Kier alpha value is -1.56. The lowest BCUT2D eigenvalue weighted by Gasteiger charge is -2.11. The van der Waals surface area contributed by atoms with Crippen LogP contribution >= 0.6 is 15.9 Å². The molecule has 0 aromatic heterocycles. The smallest absolute Gasteiger partial charge is 0.251 e. The van der Waals surface area contributed by atoms with Crippen LogP contribution in [0.1, 0.15) is 28.8 Å². The van der Waals surface area contributed by atoms with Crippen LogP contribution < -0.4 is 16.4 Å². The third-order valence-electron chi connectivity index (χ3n) is 3.32. The van der Waals surface area contributed by atoms with E-state index in [-0.39, 0.29) is 17.7 Å². The number of nitrogen functional groups attached to an aromatic ring is 1. The molecule has 20 heavy (non-hydrogen) atoms. The third-order valence-corrected chi connectivity index (χ3v) is 3.77. The maximum atomic E-state index is 12.1. The SMILES string of the molecule is Cc1c(N)cc(Br)cc1C(=O)NCCNC(=O)C1CC1. The Labute approximate surface area is 126 Å². The highest BCUT2D eigenvalue weighted by Crippen LogP contribution is 2.28. The zero-order valence-corrected chi connectivity index (χ0v) is 12.9. The van der Waals surface area contributed by atoms with Crippen molar-refractivity contribution in [2.45, 2.75) is 19.8 Å². The van der Waals surface area contributed by atoms with Crippen LogP contribution in [0.25, 0.3) is 0 Å². The van der Waals surface area contributed by atoms with Crippen LogP contribution in [0.2, 0.25) is 0 Å². The number of carbonyl (C=O) groups is 2. The molecule has 108 valence electrons. The molecule has 0 atom stereocenters. The van der Waals surface area contributed by atoms with Gasteiger partial charge < -0.3 is 16.4 Å². The molecule has 1 fully saturated rings. The van der Waals surface area contributed by atoms with Gasteiger partial charge in [0.2, 0.25) is 5.91 Å². The zero-order valence-electron chi connectivity index (χ0n) is 11.3. The highest BCUT2D eigenvalue weighted by molar-refractivity contribution is 9.10. The summed E-state index contributed by atoms with van der Waals surface area (Å²) in [4.78, 5) is 23.5. The molecule has 0 spiro atoms. The monoisotopic (exact) mass is 339 g/mol. The maximum Gasteiger partial charge on any atom is 0.251 e. The Bertz CT molecular complexity index is 541. The highest BCUT2D eigenvalue weighted by Gasteiger charge is 2.29. The molecule has 4 N–H and O–H groups in total. The van der Waals surface area contributed by atoms with Crippen molar-refractivity contribution in [2.75, 3.05) is 18.8 Å². The van der Waals surface area contributed by atoms with Gasteiger partial charge >= 0.3 is 0 Å². The molecule has 1 saturated carbocycles. The van der Waals surface area contributed by atoms with Crippen LogP contribution in [-0.4, -0.2) is 24.9 Å². The number of nitrogens with one attached hydrogen (secondary N) is 2. The molecule has 2 rings (SSSR count). The number of rotatable bonds is 5. The summed E-state index contributed by atoms with van der Waals surface area (Å²) in [5.41, 5.74) is 7.71. The summed E-state index contributed by atoms with van der Waals surface area (Å²) < 4.78 is 0.771. The van der Waals surface area contributed by atoms with Crippen molar-refractivity contribution in [3.05, 3.63) is 27.7 Å². The summed E-state index contributed by atoms with van der Waals surface area (Å²) in [5, 5.41) is 5.58. The fourth-order valence-corrected chi connectivity index (χ4v) is 2.36. The van der Waals surface area contributed by atoms with Gasteiger partial charge in [0, 0.05) is 34.7 Å². The molecule has 0 bridgehead atoms. The van der Waals surface area contributed by atoms with Crippen molar-refractivity contribution >= 4 is 33.4 Å². The Kier molecular flexibility index (Phi) is 4.65. The van der Waals surface area contributed by atoms with Crippen molar-refractivity contribution in [1.29, 1.82) is 0 Å². The van der Waals surface area contributed by atoms with Crippen LogP contribution in [0.5, 0.6) is 0 Å². The van der Waals surface area contributed by atoms with Gasteiger partial charge in [0.05, 0.1) is 0 Å². The van der Waals surface area contributed by atoms with E-state index in [1.807, 2.05) is 6.92 Å². The number of hydrogen-bond acceptors (Lipinski definition) is 3. The number of benzene rings is 1. The van der Waals surface area contributed by atoms with E-state index in [1.165, 1.54) is 0 Å². The van der Waals surface area contributed by atoms with E-state index in [9.17, 15) is 9.59 Å². The predicted molar refractivity (Wildman–Crippen MR) is 81.4 cm³/mol. The lowest BCUT2D eigenvalue weighted by atomic mass is 10.1. The second-order valence-corrected chi connectivity index (χ2v) is 5.90. The lowest BCUT2D eigenvalue weighted by Crippen LogP contribution is -2.35. The molecule has 1 aromatic carbocycles. The topological polar surface area (TPSA) is 84.2 Å². The van der Waals surface area contributed by atoms with Gasteiger partial charge in [-0.05, 0) is 37.5 Å². The molecule has 5 nitrogen and oxygen atoms in total. The first kappa shape index (κ1) is 14.8. The first-order chi connectivity index (χ1) is 9.49. The molecule has 0 aliphatic heterocycles. The fraction of sp³-hybridized carbons (Fsp3) is 0.429. The van der Waals surface area contributed by atoms with Crippen molar-refractivity contribution in [1.82, 2.24) is 10.6 Å². The summed E-state index contributed by atoms with van der Waals surface area (Å²) in [6.45, 7) is 2.66. The molecule has 0 radical (unpaired) electrons. The summed E-state index contributed by atoms with van der Waals surface area (Å²) in [7, 11) is 0. The lowest BCUT2D eigenvalue weighted by molar-refractivity contribution is -0.122. The summed E-state index contributed by atoms with van der Waals surface area (Å²) in [6.07, 6.45) is 1.96.